The molecule has 1 aliphatic heterocycles. The molecule has 2 aromatic carbocycles. The number of rotatable bonds is 9. The van der Waals surface area contributed by atoms with Gasteiger partial charge in [0, 0.05) is 26.2 Å². The van der Waals surface area contributed by atoms with Gasteiger partial charge in [-0.25, -0.2) is 4.79 Å². The summed E-state index contributed by atoms with van der Waals surface area (Å²) in [6.45, 7) is 4.22. The fraction of sp³-hybridized carbons (Fsp3) is 0.423. The molecule has 4 rings (SSSR count). The molecule has 184 valence electrons. The van der Waals surface area contributed by atoms with Crippen molar-refractivity contribution in [3.8, 4) is 17.2 Å². The average molecular weight is 479 g/mol. The van der Waals surface area contributed by atoms with Crippen LogP contribution >= 0.6 is 0 Å². The molecule has 9 heteroatoms. The third-order valence-corrected chi connectivity index (χ3v) is 6.36. The standard InChI is InChI=1S/C26H30N4O5/c1-2-33-14-11-30-22-16-20(7-8-23(22)35-25(30)32)19-5-3-18(4-6-19)15-21(17-27)29-24(31)26(28)9-12-34-13-10-26/h3-8,16,21H,2,9-15,28H2,1H3,(H,29,31)/t21-/m0/s1. The third kappa shape index (κ3) is 5.62. The van der Waals surface area contributed by atoms with Crippen molar-refractivity contribution in [1.82, 2.24) is 9.88 Å². The number of nitrogens with two attached hydrogens (primary N) is 1. The predicted octanol–water partition coefficient (Wildman–Crippen LogP) is 2.36. The van der Waals surface area contributed by atoms with Crippen molar-refractivity contribution in [2.75, 3.05) is 26.4 Å². The summed E-state index contributed by atoms with van der Waals surface area (Å²) in [6.07, 6.45) is 1.24. The van der Waals surface area contributed by atoms with Crippen LogP contribution in [-0.4, -0.2) is 48.5 Å². The number of nitriles is 1. The lowest BCUT2D eigenvalue weighted by molar-refractivity contribution is -0.130. The Morgan fingerprint density at radius 2 is 1.94 bits per heavy atom. The topological polar surface area (TPSA) is 133 Å². The van der Waals surface area contributed by atoms with Crippen LogP contribution in [-0.2, 0) is 27.2 Å². The molecule has 0 spiro atoms. The average Bonchev–Trinajstić information content (AvgIpc) is 3.18. The van der Waals surface area contributed by atoms with E-state index < -0.39 is 17.3 Å². The Morgan fingerprint density at radius 3 is 2.63 bits per heavy atom. The number of aromatic nitrogens is 1. The smallest absolute Gasteiger partial charge is 0.408 e. The summed E-state index contributed by atoms with van der Waals surface area (Å²) < 4.78 is 17.6. The Morgan fingerprint density at radius 1 is 1.23 bits per heavy atom. The molecule has 9 nitrogen and oxygen atoms in total. The highest BCUT2D eigenvalue weighted by molar-refractivity contribution is 5.86. The van der Waals surface area contributed by atoms with E-state index in [2.05, 4.69) is 11.4 Å². The number of nitrogens with one attached hydrogen (secondary N) is 1. The van der Waals surface area contributed by atoms with E-state index in [0.29, 0.717) is 63.3 Å². The number of amides is 1. The minimum atomic E-state index is -0.994. The van der Waals surface area contributed by atoms with Crippen molar-refractivity contribution in [2.45, 2.75) is 44.3 Å². The predicted molar refractivity (Wildman–Crippen MR) is 131 cm³/mol. The van der Waals surface area contributed by atoms with Gasteiger partial charge in [0.25, 0.3) is 0 Å². The van der Waals surface area contributed by atoms with Crippen LogP contribution in [0.25, 0.3) is 22.2 Å². The number of oxazole rings is 1. The molecule has 1 atom stereocenters. The van der Waals surface area contributed by atoms with E-state index in [9.17, 15) is 14.9 Å². The molecule has 0 radical (unpaired) electrons. The summed E-state index contributed by atoms with van der Waals surface area (Å²) in [5.41, 5.74) is 9.29. The van der Waals surface area contributed by atoms with E-state index in [0.717, 1.165) is 16.7 Å². The first-order valence-electron chi connectivity index (χ1n) is 11.8. The van der Waals surface area contributed by atoms with Gasteiger partial charge in [-0.05, 0) is 48.6 Å². The quantitative estimate of drug-likeness (QED) is 0.451. The van der Waals surface area contributed by atoms with E-state index in [4.69, 9.17) is 19.6 Å². The summed E-state index contributed by atoms with van der Waals surface area (Å²) in [5, 5.41) is 12.4. The molecular formula is C26H30N4O5. The first-order valence-corrected chi connectivity index (χ1v) is 11.8. The van der Waals surface area contributed by atoms with Crippen molar-refractivity contribution in [3.05, 3.63) is 58.6 Å². The molecule has 1 saturated heterocycles. The second-order valence-electron chi connectivity index (χ2n) is 8.72. The van der Waals surface area contributed by atoms with Gasteiger partial charge in [0.1, 0.15) is 6.04 Å². The van der Waals surface area contributed by atoms with Gasteiger partial charge in [-0.15, -0.1) is 0 Å². The largest absolute Gasteiger partial charge is 0.420 e. The van der Waals surface area contributed by atoms with Crippen molar-refractivity contribution >= 4 is 17.0 Å². The van der Waals surface area contributed by atoms with E-state index in [1.54, 1.807) is 10.6 Å². The van der Waals surface area contributed by atoms with Gasteiger partial charge in [0.15, 0.2) is 5.58 Å². The van der Waals surface area contributed by atoms with Gasteiger partial charge in [0.2, 0.25) is 5.91 Å². The second-order valence-corrected chi connectivity index (χ2v) is 8.72. The van der Waals surface area contributed by atoms with Gasteiger partial charge in [-0.3, -0.25) is 9.36 Å². The maximum Gasteiger partial charge on any atom is 0.420 e. The van der Waals surface area contributed by atoms with Crippen molar-refractivity contribution in [3.63, 3.8) is 0 Å². The number of ether oxygens (including phenoxy) is 2. The molecule has 3 N–H and O–H groups in total. The molecule has 0 aliphatic carbocycles. The number of nitrogens with zero attached hydrogens (tertiary/aromatic N) is 2. The number of fused-ring (bicyclic) bond motifs is 1. The Labute approximate surface area is 203 Å². The summed E-state index contributed by atoms with van der Waals surface area (Å²) in [4.78, 5) is 24.9. The highest BCUT2D eigenvalue weighted by atomic mass is 16.5. The highest BCUT2D eigenvalue weighted by Crippen LogP contribution is 2.25. The molecule has 3 aromatic rings. The molecule has 0 saturated carbocycles. The van der Waals surface area contributed by atoms with E-state index in [-0.39, 0.29) is 5.91 Å². The zero-order valence-corrected chi connectivity index (χ0v) is 19.8. The lowest BCUT2D eigenvalue weighted by Gasteiger charge is -2.32. The zero-order valence-electron chi connectivity index (χ0n) is 19.8. The van der Waals surface area contributed by atoms with Crippen molar-refractivity contribution < 1.29 is 18.7 Å². The van der Waals surface area contributed by atoms with Crippen LogP contribution in [0.5, 0.6) is 0 Å². The van der Waals surface area contributed by atoms with Crippen LogP contribution in [0.1, 0.15) is 25.3 Å². The van der Waals surface area contributed by atoms with Gasteiger partial charge in [-0.2, -0.15) is 5.26 Å². The number of benzene rings is 2. The molecule has 1 fully saturated rings. The maximum atomic E-state index is 12.7. The summed E-state index contributed by atoms with van der Waals surface area (Å²) >= 11 is 0. The Bertz CT molecular complexity index is 1270. The Kier molecular flexibility index (Phi) is 7.66. The number of carbonyl (C=O) groups is 1. The minimum Gasteiger partial charge on any atom is -0.408 e. The monoisotopic (exact) mass is 478 g/mol. The van der Waals surface area contributed by atoms with Crippen molar-refractivity contribution in [2.24, 2.45) is 5.73 Å². The van der Waals surface area contributed by atoms with E-state index in [1.807, 2.05) is 43.3 Å². The van der Waals surface area contributed by atoms with Crippen LogP contribution in [0.3, 0.4) is 0 Å². The second kappa shape index (κ2) is 10.9. The first kappa shape index (κ1) is 24.7. The third-order valence-electron chi connectivity index (χ3n) is 6.36. The molecule has 1 aliphatic rings. The van der Waals surface area contributed by atoms with Crippen LogP contribution in [0, 0.1) is 11.3 Å². The van der Waals surface area contributed by atoms with E-state index >= 15 is 0 Å². The fourth-order valence-electron chi connectivity index (χ4n) is 4.22. The molecule has 2 heterocycles. The lowest BCUT2D eigenvalue weighted by Crippen LogP contribution is -2.58. The van der Waals surface area contributed by atoms with Gasteiger partial charge in [0.05, 0.1) is 30.3 Å². The van der Waals surface area contributed by atoms with Crippen LogP contribution in [0.2, 0.25) is 0 Å². The number of carbonyl (C=O) groups excluding carboxylic acids is 1. The minimum absolute atomic E-state index is 0.312. The summed E-state index contributed by atoms with van der Waals surface area (Å²) in [5.74, 6) is -0.718. The molecule has 0 unspecified atom stereocenters. The zero-order chi connectivity index (χ0) is 24.8. The molecule has 1 amide bonds. The van der Waals surface area contributed by atoms with E-state index in [1.165, 1.54) is 0 Å². The molecule has 0 bridgehead atoms. The van der Waals surface area contributed by atoms with Gasteiger partial charge in [-0.1, -0.05) is 30.3 Å². The Hall–Kier alpha value is -3.45. The molecule has 1 aromatic heterocycles. The number of hydrogen-bond acceptors (Lipinski definition) is 7. The van der Waals surface area contributed by atoms with Crippen LogP contribution in [0.15, 0.2) is 51.7 Å². The highest BCUT2D eigenvalue weighted by Gasteiger charge is 2.36. The molecular weight excluding hydrogens is 448 g/mol. The molecule has 35 heavy (non-hydrogen) atoms. The van der Waals surface area contributed by atoms with Crippen molar-refractivity contribution in [1.29, 1.82) is 5.26 Å². The Balaban J connectivity index is 1.46. The lowest BCUT2D eigenvalue weighted by atomic mass is 9.90. The maximum absolute atomic E-state index is 12.7. The van der Waals surface area contributed by atoms with Gasteiger partial charge < -0.3 is 24.9 Å². The summed E-state index contributed by atoms with van der Waals surface area (Å²) in [6, 6.07) is 14.9. The van der Waals surface area contributed by atoms with Crippen LogP contribution < -0.4 is 16.8 Å². The summed E-state index contributed by atoms with van der Waals surface area (Å²) in [7, 11) is 0. The fourth-order valence-corrected chi connectivity index (χ4v) is 4.22. The number of hydrogen-bond donors (Lipinski definition) is 2. The van der Waals surface area contributed by atoms with Gasteiger partial charge >= 0.3 is 5.76 Å². The van der Waals surface area contributed by atoms with Crippen LogP contribution in [0.4, 0.5) is 0 Å². The SMILES string of the molecule is CCOCCn1c(=O)oc2ccc(-c3ccc(C[C@@H](C#N)NC(=O)C4(N)CCOCC4)cc3)cc21. The normalized spacial score (nSPS) is 16.0. The first-order chi connectivity index (χ1) is 16.9.